The summed E-state index contributed by atoms with van der Waals surface area (Å²) < 4.78 is 5.77. The van der Waals surface area contributed by atoms with Gasteiger partial charge in [0, 0.05) is 11.3 Å². The molecule has 0 saturated heterocycles. The summed E-state index contributed by atoms with van der Waals surface area (Å²) >= 11 is 0. The molecule has 98 valence electrons. The number of furan rings is 1. The normalized spacial score (nSPS) is 15.7. The largest absolute Gasteiger partial charge is 0.478 e. The molecule has 0 bridgehead atoms. The van der Waals surface area contributed by atoms with Crippen molar-refractivity contribution in [3.05, 3.63) is 22.6 Å². The molecule has 1 fully saturated rings. The van der Waals surface area contributed by atoms with E-state index in [-0.39, 0.29) is 22.5 Å². The van der Waals surface area contributed by atoms with Crippen LogP contribution < -0.4 is 0 Å². The van der Waals surface area contributed by atoms with Crippen LogP contribution in [0.1, 0.15) is 78.2 Å². The molecule has 4 heteroatoms. The average molecular weight is 250 g/mol. The van der Waals surface area contributed by atoms with Crippen molar-refractivity contribution in [1.82, 2.24) is 0 Å². The second kappa shape index (κ2) is 4.26. The van der Waals surface area contributed by atoms with Crippen LogP contribution >= 0.6 is 0 Å². The van der Waals surface area contributed by atoms with Crippen LogP contribution in [0.25, 0.3) is 0 Å². The molecule has 1 aliphatic carbocycles. The van der Waals surface area contributed by atoms with Crippen LogP contribution in [0.3, 0.4) is 0 Å². The quantitative estimate of drug-likeness (QED) is 0.814. The molecule has 1 aliphatic rings. The molecule has 1 saturated carbocycles. The minimum Gasteiger partial charge on any atom is -0.478 e. The topological polar surface area (TPSA) is 67.5 Å². The first-order valence-electron chi connectivity index (χ1n) is 6.28. The highest BCUT2D eigenvalue weighted by Crippen LogP contribution is 2.46. The Bertz CT molecular complexity index is 492. The highest BCUT2D eigenvalue weighted by atomic mass is 16.4. The summed E-state index contributed by atoms with van der Waals surface area (Å²) in [4.78, 5) is 22.6. The number of hydrogen-bond donors (Lipinski definition) is 1. The van der Waals surface area contributed by atoms with Gasteiger partial charge in [-0.3, -0.25) is 4.79 Å². The lowest BCUT2D eigenvalue weighted by Crippen LogP contribution is -2.18. The maximum absolute atomic E-state index is 11.4. The van der Waals surface area contributed by atoms with Crippen molar-refractivity contribution in [3.63, 3.8) is 0 Å². The monoisotopic (exact) mass is 250 g/mol. The van der Waals surface area contributed by atoms with Gasteiger partial charge in [0.1, 0.15) is 17.1 Å². The molecule has 4 nitrogen and oxygen atoms in total. The number of aldehydes is 1. The summed E-state index contributed by atoms with van der Waals surface area (Å²) in [6.07, 6.45) is 3.32. The SMILES string of the molecule is CCC(C)(C)c1oc(C2CC2)c(C=O)c1C(=O)O. The highest BCUT2D eigenvalue weighted by Gasteiger charge is 2.38. The molecule has 0 unspecified atom stereocenters. The average Bonchev–Trinajstić information content (AvgIpc) is 3.08. The van der Waals surface area contributed by atoms with Gasteiger partial charge < -0.3 is 9.52 Å². The van der Waals surface area contributed by atoms with Crippen molar-refractivity contribution < 1.29 is 19.1 Å². The summed E-state index contributed by atoms with van der Waals surface area (Å²) in [7, 11) is 0. The molecule has 0 atom stereocenters. The number of aromatic carboxylic acids is 1. The molecule has 0 radical (unpaired) electrons. The van der Waals surface area contributed by atoms with Crippen LogP contribution in [0.5, 0.6) is 0 Å². The van der Waals surface area contributed by atoms with Gasteiger partial charge in [0.05, 0.1) is 5.56 Å². The van der Waals surface area contributed by atoms with E-state index in [0.717, 1.165) is 19.3 Å². The van der Waals surface area contributed by atoms with Gasteiger partial charge in [0.15, 0.2) is 6.29 Å². The fourth-order valence-electron chi connectivity index (χ4n) is 2.08. The number of rotatable bonds is 5. The van der Waals surface area contributed by atoms with E-state index in [1.54, 1.807) is 0 Å². The Morgan fingerprint density at radius 2 is 2.11 bits per heavy atom. The molecule has 0 aliphatic heterocycles. The third-order valence-corrected chi connectivity index (χ3v) is 3.75. The molecular formula is C14H18O4. The lowest BCUT2D eigenvalue weighted by Gasteiger charge is -2.20. The van der Waals surface area contributed by atoms with Crippen LogP contribution in [0.2, 0.25) is 0 Å². The number of carboxylic acids is 1. The molecule has 0 spiro atoms. The maximum Gasteiger partial charge on any atom is 0.340 e. The minimum atomic E-state index is -1.08. The fraction of sp³-hybridized carbons (Fsp3) is 0.571. The molecule has 0 aromatic carbocycles. The molecule has 1 aromatic heterocycles. The fourth-order valence-corrected chi connectivity index (χ4v) is 2.08. The smallest absolute Gasteiger partial charge is 0.340 e. The Balaban J connectivity index is 2.64. The Morgan fingerprint density at radius 1 is 1.50 bits per heavy atom. The van der Waals surface area contributed by atoms with E-state index in [1.165, 1.54) is 0 Å². The van der Waals surface area contributed by atoms with E-state index in [4.69, 9.17) is 4.42 Å². The summed E-state index contributed by atoms with van der Waals surface area (Å²) in [5.41, 5.74) is -0.0844. The van der Waals surface area contributed by atoms with Crippen molar-refractivity contribution in [2.24, 2.45) is 0 Å². The van der Waals surface area contributed by atoms with Crippen molar-refractivity contribution in [2.75, 3.05) is 0 Å². The van der Waals surface area contributed by atoms with Crippen molar-refractivity contribution in [2.45, 2.75) is 51.4 Å². The first-order valence-corrected chi connectivity index (χ1v) is 6.28. The zero-order chi connectivity index (χ0) is 13.5. The molecule has 1 aromatic rings. The predicted octanol–water partition coefficient (Wildman–Crippen LogP) is 3.36. The summed E-state index contributed by atoms with van der Waals surface area (Å²) in [5.74, 6) is 0.148. The van der Waals surface area contributed by atoms with E-state index >= 15 is 0 Å². The standard InChI is InChI=1S/C14H18O4/c1-4-14(2,3)12-10(13(16)17)9(7-15)11(18-12)8-5-6-8/h7-8H,4-6H2,1-3H3,(H,16,17). The van der Waals surface area contributed by atoms with Gasteiger partial charge in [-0.25, -0.2) is 4.79 Å². The third-order valence-electron chi connectivity index (χ3n) is 3.75. The van der Waals surface area contributed by atoms with Crippen molar-refractivity contribution in [3.8, 4) is 0 Å². The number of carbonyl (C=O) groups is 2. The van der Waals surface area contributed by atoms with Crippen molar-refractivity contribution >= 4 is 12.3 Å². The molecule has 1 heterocycles. The maximum atomic E-state index is 11.4. The number of carboxylic acid groups (broad SMARTS) is 1. The van der Waals surface area contributed by atoms with Crippen LogP contribution in [0.15, 0.2) is 4.42 Å². The Labute approximate surface area is 106 Å². The molecular weight excluding hydrogens is 232 g/mol. The van der Waals surface area contributed by atoms with E-state index < -0.39 is 5.97 Å². The van der Waals surface area contributed by atoms with Gasteiger partial charge in [-0.05, 0) is 19.3 Å². The Morgan fingerprint density at radius 3 is 2.50 bits per heavy atom. The molecule has 18 heavy (non-hydrogen) atoms. The minimum absolute atomic E-state index is 0.0544. The number of carbonyl (C=O) groups excluding carboxylic acids is 1. The van der Waals surface area contributed by atoms with Gasteiger partial charge in [-0.15, -0.1) is 0 Å². The Hall–Kier alpha value is -1.58. The van der Waals surface area contributed by atoms with Gasteiger partial charge in [-0.1, -0.05) is 20.8 Å². The van der Waals surface area contributed by atoms with Crippen LogP contribution in [-0.2, 0) is 5.41 Å². The first-order chi connectivity index (χ1) is 8.42. The van der Waals surface area contributed by atoms with Crippen LogP contribution in [0, 0.1) is 0 Å². The van der Waals surface area contributed by atoms with Gasteiger partial charge in [0.2, 0.25) is 0 Å². The second-order valence-electron chi connectivity index (χ2n) is 5.52. The summed E-state index contributed by atoms with van der Waals surface area (Å²) in [6, 6.07) is 0. The van der Waals surface area contributed by atoms with E-state index in [2.05, 4.69) is 0 Å². The second-order valence-corrected chi connectivity index (χ2v) is 5.52. The van der Waals surface area contributed by atoms with Gasteiger partial charge in [-0.2, -0.15) is 0 Å². The van der Waals surface area contributed by atoms with Crippen LogP contribution in [0.4, 0.5) is 0 Å². The summed E-state index contributed by atoms with van der Waals surface area (Å²) in [5, 5.41) is 9.33. The predicted molar refractivity (Wildman–Crippen MR) is 66.3 cm³/mol. The molecule has 1 N–H and O–H groups in total. The van der Waals surface area contributed by atoms with Crippen LogP contribution in [-0.4, -0.2) is 17.4 Å². The summed E-state index contributed by atoms with van der Waals surface area (Å²) in [6.45, 7) is 5.85. The lowest BCUT2D eigenvalue weighted by molar-refractivity contribution is 0.0689. The molecule has 2 rings (SSSR count). The lowest BCUT2D eigenvalue weighted by atomic mass is 9.84. The highest BCUT2D eigenvalue weighted by molar-refractivity contribution is 5.99. The van der Waals surface area contributed by atoms with E-state index in [1.807, 2.05) is 20.8 Å². The Kier molecular flexibility index (Phi) is 3.05. The van der Waals surface area contributed by atoms with Gasteiger partial charge in [0.25, 0.3) is 0 Å². The molecule has 0 amide bonds. The zero-order valence-corrected chi connectivity index (χ0v) is 10.9. The third kappa shape index (κ3) is 1.96. The van der Waals surface area contributed by atoms with Gasteiger partial charge >= 0.3 is 5.97 Å². The van der Waals surface area contributed by atoms with E-state index in [0.29, 0.717) is 17.8 Å². The zero-order valence-electron chi connectivity index (χ0n) is 10.9. The van der Waals surface area contributed by atoms with Crippen molar-refractivity contribution in [1.29, 1.82) is 0 Å². The first kappa shape index (κ1) is 12.9. The van der Waals surface area contributed by atoms with E-state index in [9.17, 15) is 14.7 Å². The number of hydrogen-bond acceptors (Lipinski definition) is 3.